The van der Waals surface area contributed by atoms with Crippen LogP contribution in [-0.4, -0.2) is 57.3 Å². The highest BCUT2D eigenvalue weighted by Gasteiger charge is 2.07. The molecule has 0 radical (unpaired) electrons. The SMILES string of the molecule is C=C(C)C(=O)OCCS(=O)(=O)O.CN(C)C.N. The van der Waals surface area contributed by atoms with E-state index in [1.807, 2.05) is 26.0 Å². The Bertz CT molecular complexity index is 322. The smallest absolute Gasteiger partial charge is 0.333 e. The van der Waals surface area contributed by atoms with Crippen LogP contribution in [0.3, 0.4) is 0 Å². The molecule has 17 heavy (non-hydrogen) atoms. The Hall–Kier alpha value is -0.960. The molecule has 4 N–H and O–H groups in total. The van der Waals surface area contributed by atoms with Crippen molar-refractivity contribution in [3.8, 4) is 0 Å². The van der Waals surface area contributed by atoms with Gasteiger partial charge in [-0.2, -0.15) is 8.42 Å². The minimum atomic E-state index is -4.05. The van der Waals surface area contributed by atoms with Crippen LogP contribution >= 0.6 is 0 Å². The maximum atomic E-state index is 10.6. The number of nitrogens with zero attached hydrogens (tertiary/aromatic N) is 1. The Balaban J connectivity index is -0.000000340. The van der Waals surface area contributed by atoms with E-state index in [0.717, 1.165) is 0 Å². The Morgan fingerprint density at radius 1 is 1.35 bits per heavy atom. The first-order valence-electron chi connectivity index (χ1n) is 4.45. The normalized spacial score (nSPS) is 9.76. The number of hydrogen-bond acceptors (Lipinski definition) is 6. The molecule has 0 aromatic carbocycles. The first kappa shape index (κ1) is 21.3. The third kappa shape index (κ3) is 25.4. The van der Waals surface area contributed by atoms with Crippen molar-refractivity contribution in [2.45, 2.75) is 6.92 Å². The average molecular weight is 270 g/mol. The van der Waals surface area contributed by atoms with Crippen LogP contribution in [-0.2, 0) is 19.6 Å². The van der Waals surface area contributed by atoms with Gasteiger partial charge >= 0.3 is 5.97 Å². The maximum Gasteiger partial charge on any atom is 0.333 e. The van der Waals surface area contributed by atoms with Crippen LogP contribution in [0.4, 0.5) is 0 Å². The highest BCUT2D eigenvalue weighted by Crippen LogP contribution is 1.92. The fourth-order valence-corrected chi connectivity index (χ4v) is 0.657. The van der Waals surface area contributed by atoms with Gasteiger partial charge in [-0.3, -0.25) is 4.55 Å². The standard InChI is InChI=1S/C6H10O5S.C3H9N.H3N/c1-5(2)6(7)11-3-4-12(8,9)10;1-4(2)3;/h1,3-4H2,2H3,(H,8,9,10);1-3H3;1H3. The summed E-state index contributed by atoms with van der Waals surface area (Å²) >= 11 is 0. The van der Waals surface area contributed by atoms with E-state index in [2.05, 4.69) is 11.3 Å². The lowest BCUT2D eigenvalue weighted by atomic mass is 10.4. The largest absolute Gasteiger partial charge is 0.461 e. The molecule has 0 amide bonds. The number of carbonyl (C=O) groups is 1. The third-order valence-electron chi connectivity index (χ3n) is 0.923. The van der Waals surface area contributed by atoms with E-state index in [1.165, 1.54) is 6.92 Å². The van der Waals surface area contributed by atoms with Gasteiger partial charge in [-0.15, -0.1) is 0 Å². The molecule has 0 saturated carbocycles. The van der Waals surface area contributed by atoms with E-state index >= 15 is 0 Å². The van der Waals surface area contributed by atoms with Crippen molar-refractivity contribution in [1.29, 1.82) is 0 Å². The topological polar surface area (TPSA) is 119 Å². The summed E-state index contributed by atoms with van der Waals surface area (Å²) in [6.07, 6.45) is 0. The van der Waals surface area contributed by atoms with Crippen LogP contribution < -0.4 is 6.15 Å². The van der Waals surface area contributed by atoms with E-state index < -0.39 is 21.8 Å². The van der Waals surface area contributed by atoms with Gasteiger partial charge in [0.1, 0.15) is 12.4 Å². The summed E-state index contributed by atoms with van der Waals surface area (Å²) in [5.41, 5.74) is 0.185. The molecule has 104 valence electrons. The van der Waals surface area contributed by atoms with Crippen LogP contribution in [0.5, 0.6) is 0 Å². The summed E-state index contributed by atoms with van der Waals surface area (Å²) in [5.74, 6) is -1.26. The van der Waals surface area contributed by atoms with Crippen molar-refractivity contribution < 1.29 is 22.5 Å². The van der Waals surface area contributed by atoms with Crippen molar-refractivity contribution >= 4 is 16.1 Å². The lowest BCUT2D eigenvalue weighted by Gasteiger charge is -2.01. The van der Waals surface area contributed by atoms with E-state index in [-0.39, 0.29) is 18.3 Å². The second kappa shape index (κ2) is 10.2. The molecule has 7 nitrogen and oxygen atoms in total. The summed E-state index contributed by atoms with van der Waals surface area (Å²) < 4.78 is 32.9. The molecule has 0 aromatic heterocycles. The van der Waals surface area contributed by atoms with Gasteiger partial charge in [0.15, 0.2) is 0 Å². The van der Waals surface area contributed by atoms with Crippen LogP contribution in [0.1, 0.15) is 6.92 Å². The van der Waals surface area contributed by atoms with Crippen molar-refractivity contribution in [3.05, 3.63) is 12.2 Å². The van der Waals surface area contributed by atoms with Crippen LogP contribution in [0.15, 0.2) is 12.2 Å². The predicted molar refractivity (Wildman–Crippen MR) is 66.8 cm³/mol. The molecule has 0 aliphatic rings. The maximum absolute atomic E-state index is 10.6. The molecular formula is C9H22N2O5S. The van der Waals surface area contributed by atoms with Crippen molar-refractivity contribution in [1.82, 2.24) is 11.1 Å². The molecule has 0 rings (SSSR count). The van der Waals surface area contributed by atoms with Gasteiger partial charge in [-0.1, -0.05) is 6.58 Å². The molecule has 0 spiro atoms. The minimum absolute atomic E-state index is 0. The molecule has 8 heteroatoms. The summed E-state index contributed by atoms with van der Waals surface area (Å²) in [6.45, 7) is 4.37. The number of ether oxygens (including phenoxy) is 1. The highest BCUT2D eigenvalue weighted by atomic mass is 32.2. The highest BCUT2D eigenvalue weighted by molar-refractivity contribution is 7.85. The monoisotopic (exact) mass is 270 g/mol. The van der Waals surface area contributed by atoms with E-state index in [4.69, 9.17) is 4.55 Å². The fraction of sp³-hybridized carbons (Fsp3) is 0.667. The second-order valence-electron chi connectivity index (χ2n) is 3.54. The second-order valence-corrected chi connectivity index (χ2v) is 5.12. The molecule has 0 bridgehead atoms. The lowest BCUT2D eigenvalue weighted by Crippen LogP contribution is -2.14. The van der Waals surface area contributed by atoms with Gasteiger partial charge in [0, 0.05) is 5.57 Å². The predicted octanol–water partition coefficient (Wildman–Crippen LogP) is 0.333. The molecule has 0 saturated heterocycles. The summed E-state index contributed by atoms with van der Waals surface area (Å²) in [5, 5.41) is 0. The summed E-state index contributed by atoms with van der Waals surface area (Å²) in [6, 6.07) is 0. The van der Waals surface area contributed by atoms with Crippen LogP contribution in [0.2, 0.25) is 0 Å². The fourth-order valence-electron chi connectivity index (χ4n) is 0.363. The van der Waals surface area contributed by atoms with Gasteiger partial charge in [0.25, 0.3) is 10.1 Å². The number of hydrogen-bond donors (Lipinski definition) is 2. The van der Waals surface area contributed by atoms with E-state index in [1.54, 1.807) is 0 Å². The quantitative estimate of drug-likeness (QED) is 0.429. The average Bonchev–Trinajstić information content (AvgIpc) is 2.00. The van der Waals surface area contributed by atoms with Gasteiger partial charge in [0.2, 0.25) is 0 Å². The molecule has 0 atom stereocenters. The summed E-state index contributed by atoms with van der Waals surface area (Å²) in [7, 11) is 1.95. The van der Waals surface area contributed by atoms with Crippen molar-refractivity contribution in [3.63, 3.8) is 0 Å². The van der Waals surface area contributed by atoms with Crippen molar-refractivity contribution in [2.75, 3.05) is 33.5 Å². The molecule has 0 aromatic rings. The van der Waals surface area contributed by atoms with Crippen molar-refractivity contribution in [2.24, 2.45) is 0 Å². The van der Waals surface area contributed by atoms with E-state index in [0.29, 0.717) is 0 Å². The molecule has 0 unspecified atom stereocenters. The Morgan fingerprint density at radius 3 is 1.94 bits per heavy atom. The Labute approximate surface area is 103 Å². The van der Waals surface area contributed by atoms with Crippen LogP contribution in [0, 0.1) is 0 Å². The van der Waals surface area contributed by atoms with Gasteiger partial charge in [-0.05, 0) is 28.1 Å². The zero-order valence-corrected chi connectivity index (χ0v) is 11.6. The first-order valence-corrected chi connectivity index (χ1v) is 6.06. The van der Waals surface area contributed by atoms with Gasteiger partial charge in [-0.25, -0.2) is 4.79 Å². The lowest BCUT2D eigenvalue weighted by molar-refractivity contribution is -0.138. The third-order valence-corrected chi connectivity index (χ3v) is 1.61. The van der Waals surface area contributed by atoms with Gasteiger partial charge < -0.3 is 15.8 Å². The van der Waals surface area contributed by atoms with Crippen LogP contribution in [0.25, 0.3) is 0 Å². The number of carbonyl (C=O) groups excluding carboxylic acids is 1. The first-order chi connectivity index (χ1) is 7.06. The Kier molecular flexibility index (Phi) is 12.8. The molecule has 0 aliphatic carbocycles. The summed E-state index contributed by atoms with van der Waals surface area (Å²) in [4.78, 5) is 12.6. The molecule has 0 heterocycles. The zero-order valence-electron chi connectivity index (χ0n) is 10.8. The molecule has 0 fully saturated rings. The Morgan fingerprint density at radius 2 is 1.71 bits per heavy atom. The number of rotatable bonds is 4. The molecule has 0 aliphatic heterocycles. The molecular weight excluding hydrogens is 248 g/mol. The van der Waals surface area contributed by atoms with Gasteiger partial charge in [0.05, 0.1) is 0 Å². The van der Waals surface area contributed by atoms with E-state index in [9.17, 15) is 13.2 Å². The number of esters is 1. The zero-order chi connectivity index (χ0) is 13.4. The minimum Gasteiger partial charge on any atom is -0.461 e.